The molecule has 1 aromatic carbocycles. The minimum atomic E-state index is 0.195. The van der Waals surface area contributed by atoms with Crippen molar-refractivity contribution in [3.63, 3.8) is 0 Å². The van der Waals surface area contributed by atoms with E-state index in [1.807, 2.05) is 9.80 Å². The molecule has 4 nitrogen and oxygen atoms in total. The van der Waals surface area contributed by atoms with E-state index in [0.717, 1.165) is 18.6 Å². The highest BCUT2D eigenvalue weighted by atomic mass is 32.2. The summed E-state index contributed by atoms with van der Waals surface area (Å²) in [5.74, 6) is 2.16. The van der Waals surface area contributed by atoms with Gasteiger partial charge in [0.15, 0.2) is 0 Å². The van der Waals surface area contributed by atoms with Crippen LogP contribution in [-0.2, 0) is 15.3 Å². The second-order valence-corrected chi connectivity index (χ2v) is 7.44. The molecule has 0 radical (unpaired) electrons. The summed E-state index contributed by atoms with van der Waals surface area (Å²) in [5, 5.41) is 0. The van der Waals surface area contributed by atoms with Gasteiger partial charge in [-0.3, -0.25) is 9.59 Å². The fourth-order valence-corrected chi connectivity index (χ4v) is 3.68. The van der Waals surface area contributed by atoms with Crippen molar-refractivity contribution in [2.24, 2.45) is 5.92 Å². The zero-order valence-electron chi connectivity index (χ0n) is 13.7. The quantitative estimate of drug-likeness (QED) is 0.831. The van der Waals surface area contributed by atoms with Crippen LogP contribution in [0.3, 0.4) is 0 Å². The van der Waals surface area contributed by atoms with Crippen LogP contribution in [0, 0.1) is 12.8 Å². The van der Waals surface area contributed by atoms with E-state index in [0.29, 0.717) is 37.8 Å². The van der Waals surface area contributed by atoms with Crippen LogP contribution in [-0.4, -0.2) is 53.5 Å². The number of aryl methyl sites for hydroxylation is 1. The van der Waals surface area contributed by atoms with Gasteiger partial charge < -0.3 is 9.80 Å². The van der Waals surface area contributed by atoms with Gasteiger partial charge in [-0.1, -0.05) is 29.8 Å². The second-order valence-electron chi connectivity index (χ2n) is 6.46. The van der Waals surface area contributed by atoms with E-state index in [2.05, 4.69) is 31.2 Å². The van der Waals surface area contributed by atoms with Crippen LogP contribution < -0.4 is 0 Å². The molecule has 1 aromatic rings. The molecule has 124 valence electrons. The molecule has 23 heavy (non-hydrogen) atoms. The lowest BCUT2D eigenvalue weighted by atomic mass is 10.2. The Morgan fingerprint density at radius 2 is 1.65 bits per heavy atom. The monoisotopic (exact) mass is 332 g/mol. The van der Waals surface area contributed by atoms with E-state index in [-0.39, 0.29) is 11.8 Å². The summed E-state index contributed by atoms with van der Waals surface area (Å²) < 4.78 is 0. The largest absolute Gasteiger partial charge is 0.339 e. The van der Waals surface area contributed by atoms with Gasteiger partial charge in [-0.2, -0.15) is 0 Å². The van der Waals surface area contributed by atoms with Gasteiger partial charge in [0.05, 0.1) is 5.75 Å². The Labute approximate surface area is 142 Å². The Kier molecular flexibility index (Phi) is 5.26. The summed E-state index contributed by atoms with van der Waals surface area (Å²) in [6.07, 6.45) is 2.10. The summed E-state index contributed by atoms with van der Waals surface area (Å²) in [7, 11) is 0. The maximum atomic E-state index is 12.3. The molecule has 1 saturated heterocycles. The molecule has 3 rings (SSSR count). The normalized spacial score (nSPS) is 18.1. The molecule has 1 heterocycles. The van der Waals surface area contributed by atoms with Crippen LogP contribution in [0.25, 0.3) is 0 Å². The summed E-state index contributed by atoms with van der Waals surface area (Å²) in [4.78, 5) is 28.1. The molecule has 1 aliphatic heterocycles. The number of nitrogens with zero attached hydrogens (tertiary/aromatic N) is 2. The molecule has 2 amide bonds. The van der Waals surface area contributed by atoms with Gasteiger partial charge in [0.2, 0.25) is 11.8 Å². The van der Waals surface area contributed by atoms with E-state index >= 15 is 0 Å². The van der Waals surface area contributed by atoms with Crippen LogP contribution in [0.4, 0.5) is 0 Å². The number of hydrogen-bond acceptors (Lipinski definition) is 3. The van der Waals surface area contributed by atoms with E-state index in [4.69, 9.17) is 0 Å². The molecule has 1 aliphatic carbocycles. The van der Waals surface area contributed by atoms with Crippen LogP contribution in [0.1, 0.15) is 24.0 Å². The first-order valence-electron chi connectivity index (χ1n) is 8.33. The minimum Gasteiger partial charge on any atom is -0.339 e. The highest BCUT2D eigenvalue weighted by Crippen LogP contribution is 2.31. The van der Waals surface area contributed by atoms with Crippen LogP contribution in [0.15, 0.2) is 24.3 Å². The molecule has 0 bridgehead atoms. The second kappa shape index (κ2) is 7.39. The van der Waals surface area contributed by atoms with Crippen molar-refractivity contribution in [3.05, 3.63) is 35.4 Å². The third-order valence-electron chi connectivity index (χ3n) is 4.49. The predicted octanol–water partition coefficient (Wildman–Crippen LogP) is 2.31. The van der Waals surface area contributed by atoms with Gasteiger partial charge in [0.1, 0.15) is 0 Å². The molecular weight excluding hydrogens is 308 g/mol. The van der Waals surface area contributed by atoms with Crippen molar-refractivity contribution in [1.29, 1.82) is 0 Å². The van der Waals surface area contributed by atoms with Crippen LogP contribution in [0.2, 0.25) is 0 Å². The number of thioether (sulfide) groups is 1. The van der Waals surface area contributed by atoms with E-state index in [9.17, 15) is 9.59 Å². The molecule has 2 fully saturated rings. The number of carbonyl (C=O) groups excluding carboxylic acids is 2. The van der Waals surface area contributed by atoms with Crippen molar-refractivity contribution >= 4 is 23.6 Å². The smallest absolute Gasteiger partial charge is 0.232 e. The van der Waals surface area contributed by atoms with Crippen LogP contribution >= 0.6 is 11.8 Å². The average molecular weight is 332 g/mol. The van der Waals surface area contributed by atoms with Crippen LogP contribution in [0.5, 0.6) is 0 Å². The SMILES string of the molecule is Cc1ccc(CSCC(=O)N2CCN(C(=O)C3CC3)CC2)cc1. The third kappa shape index (κ3) is 4.50. The van der Waals surface area contributed by atoms with Gasteiger partial charge in [0, 0.05) is 37.8 Å². The summed E-state index contributed by atoms with van der Waals surface area (Å²) in [6.45, 7) is 4.84. The van der Waals surface area contributed by atoms with Gasteiger partial charge in [-0.15, -0.1) is 11.8 Å². The molecular formula is C18H24N2O2S. The van der Waals surface area contributed by atoms with Crippen molar-refractivity contribution in [3.8, 4) is 0 Å². The third-order valence-corrected chi connectivity index (χ3v) is 5.47. The van der Waals surface area contributed by atoms with Crippen molar-refractivity contribution in [2.75, 3.05) is 31.9 Å². The number of rotatable bonds is 5. The lowest BCUT2D eigenvalue weighted by Gasteiger charge is -2.35. The first-order valence-corrected chi connectivity index (χ1v) is 9.49. The molecule has 1 saturated carbocycles. The standard InChI is InChI=1S/C18H24N2O2S/c1-14-2-4-15(5-3-14)12-23-13-17(21)19-8-10-20(11-9-19)18(22)16-6-7-16/h2-5,16H,6-13H2,1H3. The van der Waals surface area contributed by atoms with E-state index in [1.165, 1.54) is 11.1 Å². The first kappa shape index (κ1) is 16.4. The molecule has 2 aliphatic rings. The van der Waals surface area contributed by atoms with Gasteiger partial charge >= 0.3 is 0 Å². The van der Waals surface area contributed by atoms with E-state index in [1.54, 1.807) is 11.8 Å². The van der Waals surface area contributed by atoms with Crippen molar-refractivity contribution in [2.45, 2.75) is 25.5 Å². The summed E-state index contributed by atoms with van der Waals surface area (Å²) in [6, 6.07) is 8.45. The first-order chi connectivity index (χ1) is 11.1. The minimum absolute atomic E-state index is 0.195. The Hall–Kier alpha value is -1.49. The Morgan fingerprint density at radius 1 is 1.04 bits per heavy atom. The Morgan fingerprint density at radius 3 is 2.26 bits per heavy atom. The lowest BCUT2D eigenvalue weighted by molar-refractivity contribution is -0.139. The fourth-order valence-electron chi connectivity index (χ4n) is 2.80. The summed E-state index contributed by atoms with van der Waals surface area (Å²) >= 11 is 1.66. The maximum absolute atomic E-state index is 12.3. The molecule has 5 heteroatoms. The summed E-state index contributed by atoms with van der Waals surface area (Å²) in [5.41, 5.74) is 2.52. The molecule has 0 atom stereocenters. The number of carbonyl (C=O) groups is 2. The molecule has 0 unspecified atom stereocenters. The maximum Gasteiger partial charge on any atom is 0.232 e. The fraction of sp³-hybridized carbons (Fsp3) is 0.556. The van der Waals surface area contributed by atoms with E-state index < -0.39 is 0 Å². The topological polar surface area (TPSA) is 40.6 Å². The predicted molar refractivity (Wildman–Crippen MR) is 93.2 cm³/mol. The van der Waals surface area contributed by atoms with Gasteiger partial charge in [-0.25, -0.2) is 0 Å². The van der Waals surface area contributed by atoms with Crippen molar-refractivity contribution in [1.82, 2.24) is 9.80 Å². The Balaban J connectivity index is 1.37. The number of amides is 2. The lowest BCUT2D eigenvalue weighted by Crippen LogP contribution is -2.51. The highest BCUT2D eigenvalue weighted by Gasteiger charge is 2.35. The number of benzene rings is 1. The molecule has 0 aromatic heterocycles. The molecule has 0 N–H and O–H groups in total. The number of piperazine rings is 1. The highest BCUT2D eigenvalue weighted by molar-refractivity contribution is 7.99. The Bertz CT molecular complexity index is 561. The molecule has 0 spiro atoms. The average Bonchev–Trinajstić information content (AvgIpc) is 3.41. The zero-order chi connectivity index (χ0) is 16.2. The van der Waals surface area contributed by atoms with Gasteiger partial charge in [-0.05, 0) is 25.3 Å². The van der Waals surface area contributed by atoms with Crippen molar-refractivity contribution < 1.29 is 9.59 Å². The number of hydrogen-bond donors (Lipinski definition) is 0. The van der Waals surface area contributed by atoms with Gasteiger partial charge in [0.25, 0.3) is 0 Å². The zero-order valence-corrected chi connectivity index (χ0v) is 14.5.